The van der Waals surface area contributed by atoms with Crippen LogP contribution in [0.15, 0.2) is 0 Å². The summed E-state index contributed by atoms with van der Waals surface area (Å²) in [6.07, 6.45) is 1.02. The van der Waals surface area contributed by atoms with Crippen LogP contribution in [-0.4, -0.2) is 35.8 Å². The molecule has 3 N–H and O–H groups in total. The molecule has 0 saturated heterocycles. The minimum absolute atomic E-state index is 0.0604. The molecule has 0 aliphatic rings. The molecule has 0 unspecified atom stereocenters. The van der Waals surface area contributed by atoms with Gasteiger partial charge in [0.1, 0.15) is 12.1 Å². The second kappa shape index (κ2) is 9.36. The van der Waals surface area contributed by atoms with Crippen LogP contribution in [-0.2, 0) is 19.2 Å². The zero-order chi connectivity index (χ0) is 15.7. The van der Waals surface area contributed by atoms with E-state index in [2.05, 4.69) is 5.32 Å². The van der Waals surface area contributed by atoms with Gasteiger partial charge in [0.05, 0.1) is 18.5 Å². The fourth-order valence-corrected chi connectivity index (χ4v) is 1.67. The van der Waals surface area contributed by atoms with E-state index >= 15 is 0 Å². The highest BCUT2D eigenvalue weighted by molar-refractivity contribution is 6.03. The van der Waals surface area contributed by atoms with Crippen molar-refractivity contribution in [3.8, 4) is 0 Å². The van der Waals surface area contributed by atoms with Crippen LogP contribution < -0.4 is 11.1 Å². The second-order valence-electron chi connectivity index (χ2n) is 5.37. The van der Waals surface area contributed by atoms with Crippen LogP contribution in [0, 0.1) is 5.92 Å². The summed E-state index contributed by atoms with van der Waals surface area (Å²) in [5.41, 5.74) is 5.45. The molecule has 0 saturated carbocycles. The van der Waals surface area contributed by atoms with Gasteiger partial charge in [0, 0.05) is 12.8 Å². The van der Waals surface area contributed by atoms with Crippen molar-refractivity contribution >= 4 is 23.8 Å². The van der Waals surface area contributed by atoms with E-state index in [0.29, 0.717) is 12.7 Å². The van der Waals surface area contributed by atoms with Crippen LogP contribution in [0.1, 0.15) is 46.5 Å². The summed E-state index contributed by atoms with van der Waals surface area (Å²) < 4.78 is 0. The summed E-state index contributed by atoms with van der Waals surface area (Å²) in [6.45, 7) is 5.38. The number of nitrogens with one attached hydrogen (secondary N) is 1. The molecule has 0 aliphatic carbocycles. The van der Waals surface area contributed by atoms with Gasteiger partial charge in [-0.25, -0.2) is 0 Å². The molecule has 0 rings (SSSR count). The molecule has 1 amide bonds. The summed E-state index contributed by atoms with van der Waals surface area (Å²) in [4.78, 5) is 45.3. The summed E-state index contributed by atoms with van der Waals surface area (Å²) in [5, 5.41) is 2.57. The number of rotatable bonds is 10. The van der Waals surface area contributed by atoms with Gasteiger partial charge in [-0.3, -0.25) is 14.4 Å². The van der Waals surface area contributed by atoms with Gasteiger partial charge in [0.2, 0.25) is 5.91 Å². The standard InChI is InChI=1S/C14H24N2O4/c1-9(2)7-12(16-14(20)10(3)15)13(19)8-11(18)5-4-6-17/h6,9-10,12H,4-5,7-8,15H2,1-3H3,(H,16,20)/t10-,12-/m0/s1. The number of carbonyl (C=O) groups excluding carboxylic acids is 4. The van der Waals surface area contributed by atoms with Gasteiger partial charge >= 0.3 is 0 Å². The molecule has 0 aromatic heterocycles. The molecule has 114 valence electrons. The van der Waals surface area contributed by atoms with E-state index in [1.54, 1.807) is 0 Å². The molecule has 0 radical (unpaired) electrons. The number of hydrogen-bond donors (Lipinski definition) is 2. The molecule has 2 atom stereocenters. The second-order valence-corrected chi connectivity index (χ2v) is 5.37. The lowest BCUT2D eigenvalue weighted by molar-refractivity contribution is -0.132. The van der Waals surface area contributed by atoms with Gasteiger partial charge in [0.15, 0.2) is 5.78 Å². The highest BCUT2D eigenvalue weighted by atomic mass is 16.2. The van der Waals surface area contributed by atoms with Crippen molar-refractivity contribution in [2.75, 3.05) is 0 Å². The number of carbonyl (C=O) groups is 4. The Morgan fingerprint density at radius 3 is 2.25 bits per heavy atom. The minimum atomic E-state index is -0.705. The first-order valence-electron chi connectivity index (χ1n) is 6.81. The summed E-state index contributed by atoms with van der Waals surface area (Å²) in [7, 11) is 0. The fraction of sp³-hybridized carbons (Fsp3) is 0.714. The van der Waals surface area contributed by atoms with E-state index in [-0.39, 0.29) is 36.7 Å². The average Bonchev–Trinajstić information content (AvgIpc) is 2.34. The maximum absolute atomic E-state index is 12.0. The van der Waals surface area contributed by atoms with Crippen LogP contribution in [0.3, 0.4) is 0 Å². The van der Waals surface area contributed by atoms with Crippen molar-refractivity contribution in [2.45, 2.75) is 58.5 Å². The number of hydrogen-bond acceptors (Lipinski definition) is 5. The number of nitrogens with two attached hydrogens (primary N) is 1. The smallest absolute Gasteiger partial charge is 0.237 e. The van der Waals surface area contributed by atoms with E-state index in [9.17, 15) is 19.2 Å². The van der Waals surface area contributed by atoms with E-state index in [1.807, 2.05) is 13.8 Å². The van der Waals surface area contributed by atoms with Crippen LogP contribution in [0.5, 0.6) is 0 Å². The molecular formula is C14H24N2O4. The average molecular weight is 284 g/mol. The Kier molecular flexibility index (Phi) is 8.63. The lowest BCUT2D eigenvalue weighted by Gasteiger charge is -2.20. The van der Waals surface area contributed by atoms with Crippen molar-refractivity contribution in [3.05, 3.63) is 0 Å². The van der Waals surface area contributed by atoms with Gasteiger partial charge in [-0.05, 0) is 19.3 Å². The van der Waals surface area contributed by atoms with Crippen molar-refractivity contribution < 1.29 is 19.2 Å². The van der Waals surface area contributed by atoms with E-state index < -0.39 is 18.0 Å². The predicted molar refractivity (Wildman–Crippen MR) is 75.0 cm³/mol. The lowest BCUT2D eigenvalue weighted by atomic mass is 9.96. The third-order valence-electron chi connectivity index (χ3n) is 2.74. The molecule has 0 spiro atoms. The Balaban J connectivity index is 4.59. The molecule has 6 heteroatoms. The van der Waals surface area contributed by atoms with Gasteiger partial charge in [-0.15, -0.1) is 0 Å². The Bertz CT molecular complexity index is 364. The van der Waals surface area contributed by atoms with Gasteiger partial charge in [0.25, 0.3) is 0 Å². The topological polar surface area (TPSA) is 106 Å². The number of Topliss-reactive ketones (excluding diaryl/α,β-unsaturated/α-hetero) is 2. The highest BCUT2D eigenvalue weighted by Gasteiger charge is 2.24. The lowest BCUT2D eigenvalue weighted by Crippen LogP contribution is -2.48. The quantitative estimate of drug-likeness (QED) is 0.445. The summed E-state index contributed by atoms with van der Waals surface area (Å²) in [5.74, 6) is -0.832. The molecule has 20 heavy (non-hydrogen) atoms. The number of aldehydes is 1. The van der Waals surface area contributed by atoms with Crippen LogP contribution in [0.25, 0.3) is 0 Å². The third kappa shape index (κ3) is 7.78. The molecule has 0 fully saturated rings. The first-order chi connectivity index (χ1) is 9.27. The van der Waals surface area contributed by atoms with E-state index in [0.717, 1.165) is 0 Å². The fourth-order valence-electron chi connectivity index (χ4n) is 1.67. The SMILES string of the molecule is CC(C)C[C@H](NC(=O)[C@H](C)N)C(=O)CC(=O)CCC=O. The minimum Gasteiger partial charge on any atom is -0.345 e. The summed E-state index contributed by atoms with van der Waals surface area (Å²) >= 11 is 0. The van der Waals surface area contributed by atoms with Crippen LogP contribution >= 0.6 is 0 Å². The predicted octanol–water partition coefficient (Wildman–Crippen LogP) is 0.372. The van der Waals surface area contributed by atoms with Crippen molar-refractivity contribution in [3.63, 3.8) is 0 Å². The summed E-state index contributed by atoms with van der Waals surface area (Å²) in [6, 6.07) is -1.41. The first kappa shape index (κ1) is 18.4. The normalized spacial score (nSPS) is 13.7. The maximum atomic E-state index is 12.0. The third-order valence-corrected chi connectivity index (χ3v) is 2.74. The number of amides is 1. The highest BCUT2D eigenvalue weighted by Crippen LogP contribution is 2.09. The van der Waals surface area contributed by atoms with Crippen molar-refractivity contribution in [1.29, 1.82) is 0 Å². The van der Waals surface area contributed by atoms with Gasteiger partial charge in [-0.1, -0.05) is 13.8 Å². The Morgan fingerprint density at radius 1 is 1.20 bits per heavy atom. The molecule has 0 bridgehead atoms. The van der Waals surface area contributed by atoms with Gasteiger partial charge in [-0.2, -0.15) is 0 Å². The maximum Gasteiger partial charge on any atom is 0.237 e. The van der Waals surface area contributed by atoms with E-state index in [1.165, 1.54) is 6.92 Å². The monoisotopic (exact) mass is 284 g/mol. The zero-order valence-electron chi connectivity index (χ0n) is 12.3. The first-order valence-corrected chi connectivity index (χ1v) is 6.81. The van der Waals surface area contributed by atoms with Crippen LogP contribution in [0.2, 0.25) is 0 Å². The molecule has 0 aliphatic heterocycles. The van der Waals surface area contributed by atoms with E-state index in [4.69, 9.17) is 5.73 Å². The molecule has 6 nitrogen and oxygen atoms in total. The van der Waals surface area contributed by atoms with Gasteiger partial charge < -0.3 is 15.8 Å². The number of ketones is 2. The Hall–Kier alpha value is -1.56. The molecule has 0 heterocycles. The molecule has 0 aromatic carbocycles. The zero-order valence-corrected chi connectivity index (χ0v) is 12.3. The molecular weight excluding hydrogens is 260 g/mol. The largest absolute Gasteiger partial charge is 0.345 e. The van der Waals surface area contributed by atoms with Crippen molar-refractivity contribution in [2.24, 2.45) is 11.7 Å². The Labute approximate surface area is 119 Å². The Morgan fingerprint density at radius 2 is 1.80 bits per heavy atom. The van der Waals surface area contributed by atoms with Crippen molar-refractivity contribution in [1.82, 2.24) is 5.32 Å². The molecule has 0 aromatic rings. The van der Waals surface area contributed by atoms with Crippen LogP contribution in [0.4, 0.5) is 0 Å².